The Labute approximate surface area is 126 Å². The van der Waals surface area contributed by atoms with Crippen molar-refractivity contribution < 1.29 is 9.21 Å². The van der Waals surface area contributed by atoms with Crippen LogP contribution in [0, 0.1) is 0 Å². The molecule has 0 aliphatic rings. The topological polar surface area (TPSA) is 55.1 Å². The lowest BCUT2D eigenvalue weighted by Gasteiger charge is -2.04. The van der Waals surface area contributed by atoms with Gasteiger partial charge < -0.3 is 9.73 Å². The van der Waals surface area contributed by atoms with Crippen molar-refractivity contribution in [2.75, 3.05) is 6.54 Å². The van der Waals surface area contributed by atoms with Crippen LogP contribution < -0.4 is 5.32 Å². The van der Waals surface area contributed by atoms with E-state index in [-0.39, 0.29) is 5.91 Å². The Hall–Kier alpha value is -2.10. The minimum atomic E-state index is 0.0234. The zero-order valence-corrected chi connectivity index (χ0v) is 13.1. The van der Waals surface area contributed by atoms with Crippen molar-refractivity contribution in [3.63, 3.8) is 0 Å². The summed E-state index contributed by atoms with van der Waals surface area (Å²) < 4.78 is 5.30. The molecule has 0 unspecified atom stereocenters. The normalized spacial score (nSPS) is 9.67. The minimum absolute atomic E-state index is 0.0234. The van der Waals surface area contributed by atoms with Gasteiger partial charge in [-0.1, -0.05) is 27.2 Å². The van der Waals surface area contributed by atoms with E-state index in [1.165, 1.54) is 6.42 Å². The van der Waals surface area contributed by atoms with Crippen LogP contribution in [0.25, 0.3) is 11.3 Å². The number of amides is 1. The van der Waals surface area contributed by atoms with Gasteiger partial charge in [0.2, 0.25) is 5.91 Å². The molecule has 0 radical (unpaired) electrons. The lowest BCUT2D eigenvalue weighted by Crippen LogP contribution is -2.25. The summed E-state index contributed by atoms with van der Waals surface area (Å²) in [6, 6.07) is 5.63. The lowest BCUT2D eigenvalue weighted by molar-refractivity contribution is -0.120. The van der Waals surface area contributed by atoms with Gasteiger partial charge in [0.05, 0.1) is 12.7 Å². The van der Waals surface area contributed by atoms with E-state index in [0.717, 1.165) is 23.3 Å². The first kappa shape index (κ1) is 17.0. The first-order valence-electron chi connectivity index (χ1n) is 7.45. The quantitative estimate of drug-likeness (QED) is 0.909. The highest BCUT2D eigenvalue weighted by Gasteiger charge is 2.06. The van der Waals surface area contributed by atoms with Crippen molar-refractivity contribution in [3.8, 4) is 11.3 Å². The van der Waals surface area contributed by atoms with E-state index in [2.05, 4.69) is 24.1 Å². The standard InChI is InChI=1S/C14H16N2O2.C3H8/c1-2-5-16-14(17)8-11-7-12(10-15-9-11)13-4-3-6-18-13;1-3-2/h3-4,6-7,9-10H,2,5,8H2,1H3,(H,16,17);3H2,1-2H3. The fraction of sp³-hybridized carbons (Fsp3) is 0.412. The van der Waals surface area contributed by atoms with E-state index < -0.39 is 0 Å². The Kier molecular flexibility index (Phi) is 7.87. The molecule has 1 N–H and O–H groups in total. The van der Waals surface area contributed by atoms with Gasteiger partial charge in [0.25, 0.3) is 0 Å². The van der Waals surface area contributed by atoms with E-state index in [4.69, 9.17) is 4.42 Å². The molecular weight excluding hydrogens is 264 g/mol. The van der Waals surface area contributed by atoms with Crippen LogP contribution in [0.15, 0.2) is 41.3 Å². The van der Waals surface area contributed by atoms with Crippen LogP contribution >= 0.6 is 0 Å². The van der Waals surface area contributed by atoms with Crippen LogP contribution in [0.3, 0.4) is 0 Å². The maximum Gasteiger partial charge on any atom is 0.224 e. The van der Waals surface area contributed by atoms with Crippen molar-refractivity contribution in [2.24, 2.45) is 0 Å². The van der Waals surface area contributed by atoms with Crippen molar-refractivity contribution in [1.29, 1.82) is 0 Å². The molecule has 0 saturated heterocycles. The van der Waals surface area contributed by atoms with E-state index >= 15 is 0 Å². The van der Waals surface area contributed by atoms with Crippen LogP contribution in [0.1, 0.15) is 39.2 Å². The Morgan fingerprint density at radius 2 is 2.05 bits per heavy atom. The number of hydrogen-bond donors (Lipinski definition) is 1. The highest BCUT2D eigenvalue weighted by Crippen LogP contribution is 2.19. The highest BCUT2D eigenvalue weighted by molar-refractivity contribution is 5.78. The molecule has 21 heavy (non-hydrogen) atoms. The van der Waals surface area contributed by atoms with Gasteiger partial charge in [0.15, 0.2) is 0 Å². The number of nitrogens with one attached hydrogen (secondary N) is 1. The fourth-order valence-corrected chi connectivity index (χ4v) is 1.67. The monoisotopic (exact) mass is 288 g/mol. The molecule has 0 spiro atoms. The molecule has 0 atom stereocenters. The summed E-state index contributed by atoms with van der Waals surface area (Å²) in [4.78, 5) is 15.7. The third-order valence-electron chi connectivity index (χ3n) is 2.54. The molecule has 0 fully saturated rings. The zero-order chi connectivity index (χ0) is 15.5. The van der Waals surface area contributed by atoms with Gasteiger partial charge in [-0.3, -0.25) is 9.78 Å². The average molecular weight is 288 g/mol. The average Bonchev–Trinajstić information content (AvgIpc) is 3.00. The fourth-order valence-electron chi connectivity index (χ4n) is 1.67. The molecule has 4 heteroatoms. The molecule has 0 saturated carbocycles. The maximum atomic E-state index is 11.6. The number of rotatable bonds is 5. The molecule has 114 valence electrons. The Balaban J connectivity index is 0.000000677. The molecule has 2 rings (SSSR count). The van der Waals surface area contributed by atoms with Gasteiger partial charge in [-0.2, -0.15) is 0 Å². The molecule has 0 aromatic carbocycles. The Morgan fingerprint density at radius 3 is 2.67 bits per heavy atom. The maximum absolute atomic E-state index is 11.6. The summed E-state index contributed by atoms with van der Waals surface area (Å²) in [5.41, 5.74) is 1.78. The predicted molar refractivity (Wildman–Crippen MR) is 84.9 cm³/mol. The van der Waals surface area contributed by atoms with Crippen molar-refractivity contribution in [2.45, 2.75) is 40.0 Å². The summed E-state index contributed by atoms with van der Waals surface area (Å²) in [6.07, 6.45) is 7.60. The number of aromatic nitrogens is 1. The molecule has 2 heterocycles. The summed E-state index contributed by atoms with van der Waals surface area (Å²) in [5, 5.41) is 2.84. The van der Waals surface area contributed by atoms with E-state index in [1.807, 2.05) is 25.1 Å². The van der Waals surface area contributed by atoms with Crippen molar-refractivity contribution in [3.05, 3.63) is 42.4 Å². The van der Waals surface area contributed by atoms with Gasteiger partial charge in [0.1, 0.15) is 5.76 Å². The van der Waals surface area contributed by atoms with Gasteiger partial charge >= 0.3 is 0 Å². The number of pyridine rings is 1. The molecular formula is C17H24N2O2. The van der Waals surface area contributed by atoms with Gasteiger partial charge in [-0.05, 0) is 30.2 Å². The Morgan fingerprint density at radius 1 is 1.29 bits per heavy atom. The van der Waals surface area contributed by atoms with E-state index in [1.54, 1.807) is 18.7 Å². The van der Waals surface area contributed by atoms with E-state index in [0.29, 0.717) is 13.0 Å². The Bertz CT molecular complexity index is 521. The van der Waals surface area contributed by atoms with Crippen LogP contribution in [-0.2, 0) is 11.2 Å². The first-order valence-corrected chi connectivity index (χ1v) is 7.45. The van der Waals surface area contributed by atoms with Gasteiger partial charge in [-0.15, -0.1) is 0 Å². The predicted octanol–water partition coefficient (Wildman–Crippen LogP) is 3.83. The number of furan rings is 1. The lowest BCUT2D eigenvalue weighted by atomic mass is 10.1. The minimum Gasteiger partial charge on any atom is -0.464 e. The SMILES string of the molecule is CCC.CCCNC(=O)Cc1cncc(-c2ccco2)c1. The largest absolute Gasteiger partial charge is 0.464 e. The molecule has 0 aliphatic heterocycles. The molecule has 0 aliphatic carbocycles. The van der Waals surface area contributed by atoms with Crippen LogP contribution in [-0.4, -0.2) is 17.4 Å². The summed E-state index contributed by atoms with van der Waals surface area (Å²) in [6.45, 7) is 6.99. The van der Waals surface area contributed by atoms with E-state index in [9.17, 15) is 4.79 Å². The summed E-state index contributed by atoms with van der Waals surface area (Å²) in [5.74, 6) is 0.786. The molecule has 0 bridgehead atoms. The van der Waals surface area contributed by atoms with Crippen molar-refractivity contribution >= 4 is 5.91 Å². The second kappa shape index (κ2) is 9.75. The second-order valence-corrected chi connectivity index (χ2v) is 4.79. The molecule has 2 aromatic rings. The number of carbonyl (C=O) groups is 1. The summed E-state index contributed by atoms with van der Waals surface area (Å²) in [7, 11) is 0. The van der Waals surface area contributed by atoms with Crippen LogP contribution in [0.4, 0.5) is 0 Å². The summed E-state index contributed by atoms with van der Waals surface area (Å²) >= 11 is 0. The number of carbonyl (C=O) groups excluding carboxylic acids is 1. The second-order valence-electron chi connectivity index (χ2n) is 4.79. The number of nitrogens with zero attached hydrogens (tertiary/aromatic N) is 1. The number of hydrogen-bond acceptors (Lipinski definition) is 3. The molecule has 4 nitrogen and oxygen atoms in total. The third kappa shape index (κ3) is 6.25. The highest BCUT2D eigenvalue weighted by atomic mass is 16.3. The van der Waals surface area contributed by atoms with Gasteiger partial charge in [-0.25, -0.2) is 0 Å². The smallest absolute Gasteiger partial charge is 0.224 e. The van der Waals surface area contributed by atoms with Crippen molar-refractivity contribution in [1.82, 2.24) is 10.3 Å². The first-order chi connectivity index (χ1) is 10.2. The zero-order valence-electron chi connectivity index (χ0n) is 13.1. The molecule has 1 amide bonds. The molecule has 2 aromatic heterocycles. The van der Waals surface area contributed by atoms with Crippen LogP contribution in [0.2, 0.25) is 0 Å². The van der Waals surface area contributed by atoms with Crippen LogP contribution in [0.5, 0.6) is 0 Å². The third-order valence-corrected chi connectivity index (χ3v) is 2.54. The van der Waals surface area contributed by atoms with Gasteiger partial charge in [0, 0.05) is 24.5 Å².